The minimum Gasteiger partial charge on any atom is -0.349 e. The van der Waals surface area contributed by atoms with E-state index in [-0.39, 0.29) is 0 Å². The van der Waals surface area contributed by atoms with Gasteiger partial charge in [0.05, 0.1) is 0 Å². The van der Waals surface area contributed by atoms with Crippen LogP contribution < -0.4 is 10.1 Å². The molecule has 1 atom stereocenters. The van der Waals surface area contributed by atoms with Crippen molar-refractivity contribution in [2.75, 3.05) is 4.41 Å². The van der Waals surface area contributed by atoms with Crippen molar-refractivity contribution in [1.29, 1.82) is 0 Å². The molecule has 0 spiro atoms. The fourth-order valence-corrected chi connectivity index (χ4v) is 1.04. The van der Waals surface area contributed by atoms with Gasteiger partial charge in [0.15, 0.2) is 0 Å². The third-order valence-corrected chi connectivity index (χ3v) is 1.70. The molecular weight excluding hydrogens is 184 g/mol. The maximum absolute atomic E-state index is 10.6. The largest absolute Gasteiger partial charge is 0.349 e. The van der Waals surface area contributed by atoms with Crippen molar-refractivity contribution in [3.8, 4) is 0 Å². The lowest BCUT2D eigenvalue weighted by Gasteiger charge is -2.14. The molecule has 1 aromatic heterocycles. The van der Waals surface area contributed by atoms with Gasteiger partial charge in [0.1, 0.15) is 6.33 Å². The Bertz CT molecular complexity index is 283. The average molecular weight is 190 g/mol. The summed E-state index contributed by atoms with van der Waals surface area (Å²) in [4.78, 5) is 14.2. The molecule has 1 rings (SSSR count). The van der Waals surface area contributed by atoms with Crippen molar-refractivity contribution in [2.45, 2.75) is 0 Å². The maximum atomic E-state index is 10.6. The van der Waals surface area contributed by atoms with E-state index in [9.17, 15) is 9.00 Å². The van der Waals surface area contributed by atoms with Crippen LogP contribution in [0.5, 0.6) is 0 Å². The maximum Gasteiger partial charge on any atom is 0.348 e. The summed E-state index contributed by atoms with van der Waals surface area (Å²) < 4.78 is 20.6. The lowest BCUT2D eigenvalue weighted by atomic mass is 10.9. The van der Waals surface area contributed by atoms with Gasteiger partial charge in [0.25, 0.3) is 11.3 Å². The summed E-state index contributed by atoms with van der Waals surface area (Å²) in [6.45, 7) is 0. The lowest BCUT2D eigenvalue weighted by Crippen LogP contribution is -2.44. The summed E-state index contributed by atoms with van der Waals surface area (Å²) in [5.74, 6) is 0. The van der Waals surface area contributed by atoms with Gasteiger partial charge in [-0.1, -0.05) is 0 Å². The summed E-state index contributed by atoms with van der Waals surface area (Å²) in [7, 11) is 0. The monoisotopic (exact) mass is 190 g/mol. The SMILES string of the molecule is NC(=O)N(n1ccnc1)S(=O)O. The van der Waals surface area contributed by atoms with Crippen LogP contribution in [-0.2, 0) is 11.3 Å². The van der Waals surface area contributed by atoms with Crippen molar-refractivity contribution in [3.63, 3.8) is 0 Å². The first-order chi connectivity index (χ1) is 5.63. The van der Waals surface area contributed by atoms with Gasteiger partial charge >= 0.3 is 6.03 Å². The smallest absolute Gasteiger partial charge is 0.348 e. The molecular formula is C4H6N4O3S. The molecule has 0 radical (unpaired) electrons. The molecule has 0 saturated carbocycles. The first-order valence-corrected chi connectivity index (χ1v) is 3.88. The van der Waals surface area contributed by atoms with Gasteiger partial charge in [-0.3, -0.25) is 4.55 Å². The first-order valence-electron chi connectivity index (χ1n) is 2.81. The minimum absolute atomic E-state index is 0.438. The van der Waals surface area contributed by atoms with Crippen LogP contribution in [0.4, 0.5) is 4.79 Å². The van der Waals surface area contributed by atoms with Crippen LogP contribution in [0.3, 0.4) is 0 Å². The van der Waals surface area contributed by atoms with Gasteiger partial charge in [0, 0.05) is 12.4 Å². The fraction of sp³-hybridized carbons (Fsp3) is 0. The number of hydrogen-bond acceptors (Lipinski definition) is 3. The highest BCUT2D eigenvalue weighted by Gasteiger charge is 2.16. The zero-order chi connectivity index (χ0) is 9.14. The summed E-state index contributed by atoms with van der Waals surface area (Å²) in [5.41, 5.74) is 4.81. The third kappa shape index (κ3) is 1.60. The van der Waals surface area contributed by atoms with Crippen molar-refractivity contribution >= 4 is 17.3 Å². The molecule has 1 heterocycles. The lowest BCUT2D eigenvalue weighted by molar-refractivity contribution is 0.253. The number of hydrogen-bond donors (Lipinski definition) is 2. The highest BCUT2D eigenvalue weighted by molar-refractivity contribution is 7.81. The van der Waals surface area contributed by atoms with Crippen LogP contribution in [0.2, 0.25) is 0 Å². The number of urea groups is 1. The summed E-state index contributed by atoms with van der Waals surface area (Å²) >= 11 is -2.48. The topological polar surface area (TPSA) is 101 Å². The van der Waals surface area contributed by atoms with E-state index in [4.69, 9.17) is 10.3 Å². The van der Waals surface area contributed by atoms with Gasteiger partial charge in [-0.25, -0.2) is 18.7 Å². The fourth-order valence-electron chi connectivity index (χ4n) is 0.631. The Morgan fingerprint density at radius 3 is 2.75 bits per heavy atom. The molecule has 12 heavy (non-hydrogen) atoms. The molecule has 0 saturated heterocycles. The Morgan fingerprint density at radius 2 is 2.42 bits per heavy atom. The van der Waals surface area contributed by atoms with Crippen molar-refractivity contribution < 1.29 is 13.6 Å². The zero-order valence-corrected chi connectivity index (χ0v) is 6.64. The molecule has 3 N–H and O–H groups in total. The predicted octanol–water partition coefficient (Wildman–Crippen LogP) is -0.964. The molecule has 0 bridgehead atoms. The molecule has 1 unspecified atom stereocenters. The van der Waals surface area contributed by atoms with E-state index in [0.29, 0.717) is 4.41 Å². The van der Waals surface area contributed by atoms with Gasteiger partial charge < -0.3 is 5.73 Å². The van der Waals surface area contributed by atoms with Gasteiger partial charge in [-0.15, -0.1) is 4.41 Å². The Hall–Kier alpha value is -1.41. The summed E-state index contributed by atoms with van der Waals surface area (Å²) in [5, 5.41) is 0. The number of carbonyl (C=O) groups is 1. The molecule has 0 aromatic carbocycles. The normalized spacial score (nSPS) is 12.4. The third-order valence-electron chi connectivity index (χ3n) is 1.04. The number of nitrogens with zero attached hydrogens (tertiary/aromatic N) is 3. The highest BCUT2D eigenvalue weighted by Crippen LogP contribution is 1.92. The van der Waals surface area contributed by atoms with E-state index in [1.54, 1.807) is 0 Å². The Kier molecular flexibility index (Phi) is 2.41. The number of nitrogens with two attached hydrogens (primary N) is 1. The molecule has 2 amide bonds. The van der Waals surface area contributed by atoms with Crippen LogP contribution in [0.25, 0.3) is 0 Å². The molecule has 7 nitrogen and oxygen atoms in total. The molecule has 66 valence electrons. The quantitative estimate of drug-likeness (QED) is 0.586. The van der Waals surface area contributed by atoms with E-state index in [1.165, 1.54) is 18.7 Å². The Labute approximate surface area is 70.2 Å². The second-order valence-electron chi connectivity index (χ2n) is 1.78. The number of amides is 2. The highest BCUT2D eigenvalue weighted by atomic mass is 32.2. The molecule has 8 heteroatoms. The van der Waals surface area contributed by atoms with Crippen molar-refractivity contribution in [3.05, 3.63) is 18.7 Å². The summed E-state index contributed by atoms with van der Waals surface area (Å²) in [6, 6.07) is -1.03. The number of primary amides is 1. The van der Waals surface area contributed by atoms with Crippen LogP contribution in [-0.4, -0.2) is 24.5 Å². The molecule has 0 aliphatic heterocycles. The van der Waals surface area contributed by atoms with Crippen LogP contribution in [0, 0.1) is 0 Å². The first kappa shape index (κ1) is 8.68. The van der Waals surface area contributed by atoms with E-state index in [1.807, 2.05) is 0 Å². The van der Waals surface area contributed by atoms with E-state index >= 15 is 0 Å². The second kappa shape index (κ2) is 3.32. The van der Waals surface area contributed by atoms with Crippen LogP contribution in [0.15, 0.2) is 18.7 Å². The molecule has 0 aliphatic carbocycles. The second-order valence-corrected chi connectivity index (χ2v) is 2.59. The summed E-state index contributed by atoms with van der Waals surface area (Å²) in [6.07, 6.45) is 3.85. The molecule has 0 fully saturated rings. The van der Waals surface area contributed by atoms with Gasteiger partial charge in [-0.2, -0.15) is 0 Å². The van der Waals surface area contributed by atoms with Crippen molar-refractivity contribution in [2.24, 2.45) is 5.73 Å². The van der Waals surface area contributed by atoms with Gasteiger partial charge in [-0.05, 0) is 0 Å². The van der Waals surface area contributed by atoms with Crippen LogP contribution in [0.1, 0.15) is 0 Å². The number of aromatic nitrogens is 2. The Morgan fingerprint density at radius 1 is 1.75 bits per heavy atom. The average Bonchev–Trinajstić information content (AvgIpc) is 2.37. The van der Waals surface area contributed by atoms with E-state index in [0.717, 1.165) is 4.68 Å². The Balaban J connectivity index is 2.96. The molecule has 0 aliphatic rings. The number of imidazole rings is 1. The van der Waals surface area contributed by atoms with Gasteiger partial charge in [0.2, 0.25) is 0 Å². The standard InChI is InChI=1S/C4H6N4O3S/c5-4(9)8(12(10)11)7-2-1-6-3-7/h1-3H,(H2,5,9)(H,10,11). The minimum atomic E-state index is -2.48. The zero-order valence-electron chi connectivity index (χ0n) is 5.82. The predicted molar refractivity (Wildman–Crippen MR) is 40.8 cm³/mol. The number of carbonyl (C=O) groups excluding carboxylic acids is 1. The van der Waals surface area contributed by atoms with Crippen molar-refractivity contribution in [1.82, 2.24) is 9.66 Å². The van der Waals surface area contributed by atoms with E-state index < -0.39 is 17.3 Å². The molecule has 1 aromatic rings. The number of rotatable bonds is 2. The van der Waals surface area contributed by atoms with E-state index in [2.05, 4.69) is 4.98 Å². The van der Waals surface area contributed by atoms with Crippen LogP contribution >= 0.6 is 0 Å².